The van der Waals surface area contributed by atoms with Gasteiger partial charge in [0.1, 0.15) is 10.7 Å². The van der Waals surface area contributed by atoms with Crippen LogP contribution >= 0.6 is 27.5 Å². The highest BCUT2D eigenvalue weighted by Gasteiger charge is 2.26. The first-order chi connectivity index (χ1) is 8.28. The summed E-state index contributed by atoms with van der Waals surface area (Å²) in [6.45, 7) is 4.59. The number of halogens is 2. The van der Waals surface area contributed by atoms with E-state index in [1.807, 2.05) is 0 Å². The molecule has 1 aromatic rings. The lowest BCUT2D eigenvalue weighted by molar-refractivity contribution is 0.426. The SMILES string of the molecule is CC(C)CCN(C)S(=O)(=O)c1cc(CCl)oc1Br. The molecule has 1 heterocycles. The van der Waals surface area contributed by atoms with E-state index in [0.717, 1.165) is 6.42 Å². The second-order valence-corrected chi connectivity index (χ2v) is 7.49. The van der Waals surface area contributed by atoms with E-state index in [2.05, 4.69) is 29.8 Å². The maximum atomic E-state index is 12.3. The van der Waals surface area contributed by atoms with Gasteiger partial charge in [0.25, 0.3) is 0 Å². The molecule has 0 amide bonds. The Kier molecular flexibility index (Phi) is 5.70. The van der Waals surface area contributed by atoms with Gasteiger partial charge < -0.3 is 4.42 Å². The quantitative estimate of drug-likeness (QED) is 0.732. The fourth-order valence-electron chi connectivity index (χ4n) is 1.37. The summed E-state index contributed by atoms with van der Waals surface area (Å²) < 4.78 is 31.3. The molecule has 0 aliphatic carbocycles. The van der Waals surface area contributed by atoms with Crippen molar-refractivity contribution in [3.63, 3.8) is 0 Å². The van der Waals surface area contributed by atoms with Gasteiger partial charge in [-0.1, -0.05) is 13.8 Å². The molecule has 0 fully saturated rings. The van der Waals surface area contributed by atoms with E-state index in [4.69, 9.17) is 16.0 Å². The van der Waals surface area contributed by atoms with Crippen molar-refractivity contribution >= 4 is 37.6 Å². The van der Waals surface area contributed by atoms with Crippen LogP contribution in [0.1, 0.15) is 26.0 Å². The van der Waals surface area contributed by atoms with E-state index in [1.165, 1.54) is 10.4 Å². The Morgan fingerprint density at radius 3 is 2.56 bits per heavy atom. The maximum absolute atomic E-state index is 12.3. The van der Waals surface area contributed by atoms with Crippen molar-refractivity contribution in [3.05, 3.63) is 16.5 Å². The molecule has 0 atom stereocenters. The molecule has 104 valence electrons. The molecule has 0 bridgehead atoms. The summed E-state index contributed by atoms with van der Waals surface area (Å²) in [7, 11) is -1.95. The number of hydrogen-bond acceptors (Lipinski definition) is 3. The molecule has 18 heavy (non-hydrogen) atoms. The van der Waals surface area contributed by atoms with Gasteiger partial charge in [-0.25, -0.2) is 12.7 Å². The smallest absolute Gasteiger partial charge is 0.247 e. The molecular formula is C11H17BrClNO3S. The molecule has 0 radical (unpaired) electrons. The highest BCUT2D eigenvalue weighted by atomic mass is 79.9. The van der Waals surface area contributed by atoms with Crippen LogP contribution in [0.15, 0.2) is 20.0 Å². The molecular weight excluding hydrogens is 342 g/mol. The standard InChI is InChI=1S/C11H17BrClNO3S/c1-8(2)4-5-14(3)18(15,16)10-6-9(7-13)17-11(10)12/h6,8H,4-5,7H2,1-3H3. The minimum absolute atomic E-state index is 0.129. The van der Waals surface area contributed by atoms with Crippen molar-refractivity contribution in [2.24, 2.45) is 5.92 Å². The molecule has 7 heteroatoms. The van der Waals surface area contributed by atoms with E-state index < -0.39 is 10.0 Å². The van der Waals surface area contributed by atoms with Crippen molar-refractivity contribution in [3.8, 4) is 0 Å². The third-order valence-electron chi connectivity index (χ3n) is 2.55. The summed E-state index contributed by atoms with van der Waals surface area (Å²) in [4.78, 5) is 0.129. The molecule has 0 spiro atoms. The van der Waals surface area contributed by atoms with Gasteiger partial charge in [0.05, 0.1) is 5.88 Å². The van der Waals surface area contributed by atoms with E-state index >= 15 is 0 Å². The number of alkyl halides is 1. The lowest BCUT2D eigenvalue weighted by atomic mass is 10.1. The first-order valence-corrected chi connectivity index (χ1v) is 8.36. The van der Waals surface area contributed by atoms with Crippen LogP contribution in [0.25, 0.3) is 0 Å². The maximum Gasteiger partial charge on any atom is 0.247 e. The average Bonchev–Trinajstić information content (AvgIpc) is 2.67. The topological polar surface area (TPSA) is 50.5 Å². The third-order valence-corrected chi connectivity index (χ3v) is 5.52. The van der Waals surface area contributed by atoms with Crippen LogP contribution < -0.4 is 0 Å². The minimum atomic E-state index is -3.52. The summed E-state index contributed by atoms with van der Waals surface area (Å²) in [6, 6.07) is 1.46. The molecule has 0 N–H and O–H groups in total. The first kappa shape index (κ1) is 16.0. The molecule has 0 unspecified atom stereocenters. The lowest BCUT2D eigenvalue weighted by Gasteiger charge is -2.17. The summed E-state index contributed by atoms with van der Waals surface area (Å²) in [5, 5.41) is 0. The van der Waals surface area contributed by atoms with E-state index in [-0.39, 0.29) is 15.4 Å². The van der Waals surface area contributed by atoms with Gasteiger partial charge >= 0.3 is 0 Å². The van der Waals surface area contributed by atoms with E-state index in [1.54, 1.807) is 7.05 Å². The molecule has 0 aliphatic rings. The second kappa shape index (κ2) is 6.41. The van der Waals surface area contributed by atoms with Crippen molar-refractivity contribution < 1.29 is 12.8 Å². The fraction of sp³-hybridized carbons (Fsp3) is 0.636. The molecule has 4 nitrogen and oxygen atoms in total. The van der Waals surface area contributed by atoms with Crippen LogP contribution in [0, 0.1) is 5.92 Å². The van der Waals surface area contributed by atoms with Gasteiger partial charge in [0.2, 0.25) is 10.0 Å². The summed E-state index contributed by atoms with van der Waals surface area (Å²) >= 11 is 8.73. The molecule has 0 aromatic carbocycles. The summed E-state index contributed by atoms with van der Waals surface area (Å²) in [5.74, 6) is 1.03. The molecule has 1 aromatic heterocycles. The Labute approximate surface area is 121 Å². The predicted octanol–water partition coefficient (Wildman–Crippen LogP) is 3.45. The first-order valence-electron chi connectivity index (χ1n) is 5.59. The Morgan fingerprint density at radius 2 is 2.11 bits per heavy atom. The number of nitrogens with zero attached hydrogens (tertiary/aromatic N) is 1. The highest BCUT2D eigenvalue weighted by Crippen LogP contribution is 2.29. The molecule has 0 aliphatic heterocycles. The van der Waals surface area contributed by atoms with Crippen LogP contribution in [0.4, 0.5) is 0 Å². The van der Waals surface area contributed by atoms with Crippen LogP contribution in [0.5, 0.6) is 0 Å². The number of furan rings is 1. The van der Waals surface area contributed by atoms with E-state index in [9.17, 15) is 8.42 Å². The summed E-state index contributed by atoms with van der Waals surface area (Å²) in [5.41, 5.74) is 0. The normalized spacial score (nSPS) is 12.6. The fourth-order valence-corrected chi connectivity index (χ4v) is 3.64. The zero-order chi connectivity index (χ0) is 13.9. The van der Waals surface area contributed by atoms with Gasteiger partial charge in [0.15, 0.2) is 4.67 Å². The number of sulfonamides is 1. The minimum Gasteiger partial charge on any atom is -0.452 e. The van der Waals surface area contributed by atoms with E-state index in [0.29, 0.717) is 18.2 Å². The van der Waals surface area contributed by atoms with Crippen molar-refractivity contribution in [2.75, 3.05) is 13.6 Å². The van der Waals surface area contributed by atoms with Crippen molar-refractivity contribution in [1.82, 2.24) is 4.31 Å². The summed E-state index contributed by atoms with van der Waals surface area (Å²) in [6.07, 6.45) is 0.813. The predicted molar refractivity (Wildman–Crippen MR) is 75.2 cm³/mol. The zero-order valence-corrected chi connectivity index (χ0v) is 13.8. The second-order valence-electron chi connectivity index (χ2n) is 4.49. The Bertz CT molecular complexity index is 498. The Balaban J connectivity index is 2.94. The van der Waals surface area contributed by atoms with Gasteiger partial charge in [0, 0.05) is 19.7 Å². The molecule has 1 rings (SSSR count). The van der Waals surface area contributed by atoms with Crippen LogP contribution in [0.3, 0.4) is 0 Å². The van der Waals surface area contributed by atoms with Gasteiger partial charge in [-0.2, -0.15) is 0 Å². The van der Waals surface area contributed by atoms with Crippen molar-refractivity contribution in [2.45, 2.75) is 31.0 Å². The number of rotatable bonds is 6. The largest absolute Gasteiger partial charge is 0.452 e. The van der Waals surface area contributed by atoms with Gasteiger partial charge in [-0.15, -0.1) is 11.6 Å². The van der Waals surface area contributed by atoms with Crippen molar-refractivity contribution in [1.29, 1.82) is 0 Å². The molecule has 0 saturated heterocycles. The average molecular weight is 359 g/mol. The van der Waals surface area contributed by atoms with Crippen LogP contribution in [0.2, 0.25) is 0 Å². The Hall–Kier alpha value is -0.0400. The van der Waals surface area contributed by atoms with Gasteiger partial charge in [-0.05, 0) is 28.3 Å². The van der Waals surface area contributed by atoms with Crippen LogP contribution in [-0.4, -0.2) is 26.3 Å². The Morgan fingerprint density at radius 1 is 1.50 bits per heavy atom. The zero-order valence-electron chi connectivity index (χ0n) is 10.6. The van der Waals surface area contributed by atoms with Crippen LogP contribution in [-0.2, 0) is 15.9 Å². The lowest BCUT2D eigenvalue weighted by Crippen LogP contribution is -2.28. The van der Waals surface area contributed by atoms with Gasteiger partial charge in [-0.3, -0.25) is 0 Å². The third kappa shape index (κ3) is 3.73. The molecule has 0 saturated carbocycles. The highest BCUT2D eigenvalue weighted by molar-refractivity contribution is 9.10. The monoisotopic (exact) mass is 357 g/mol. The number of hydrogen-bond donors (Lipinski definition) is 0.